The van der Waals surface area contributed by atoms with E-state index in [1.165, 1.54) is 0 Å². The van der Waals surface area contributed by atoms with Gasteiger partial charge in [-0.25, -0.2) is 0 Å². The van der Waals surface area contributed by atoms with Crippen LogP contribution in [-0.2, 0) is 4.79 Å². The van der Waals surface area contributed by atoms with E-state index in [2.05, 4.69) is 0 Å². The maximum absolute atomic E-state index is 10.4. The van der Waals surface area contributed by atoms with Gasteiger partial charge in [0.1, 0.15) is 0 Å². The van der Waals surface area contributed by atoms with Crippen LogP contribution in [0.25, 0.3) is 0 Å². The molecule has 58 valence electrons. The van der Waals surface area contributed by atoms with Crippen molar-refractivity contribution in [1.82, 2.24) is 4.90 Å². The average molecular weight is 143 g/mol. The van der Waals surface area contributed by atoms with Crippen LogP contribution in [-0.4, -0.2) is 30.1 Å². The van der Waals surface area contributed by atoms with Crippen molar-refractivity contribution < 1.29 is 4.79 Å². The summed E-state index contributed by atoms with van der Waals surface area (Å²) in [6, 6.07) is 0. The van der Waals surface area contributed by atoms with E-state index in [1.54, 1.807) is 0 Å². The Morgan fingerprint density at radius 2 is 2.40 bits per heavy atom. The fourth-order valence-corrected chi connectivity index (χ4v) is 1.25. The second kappa shape index (κ2) is 2.98. The zero-order chi connectivity index (χ0) is 7.56. The van der Waals surface area contributed by atoms with Gasteiger partial charge in [-0.3, -0.25) is 9.69 Å². The second-order valence-corrected chi connectivity index (χ2v) is 2.65. The standard InChI is InChI=1S/C6H13N3O/c7-5-2-1-3-9(5)4-6(8)10/h5H,1-4,7H2,(H2,8,10)/t5-/m0/s1. The molecule has 4 nitrogen and oxygen atoms in total. The maximum Gasteiger partial charge on any atom is 0.231 e. The van der Waals surface area contributed by atoms with Gasteiger partial charge >= 0.3 is 0 Å². The van der Waals surface area contributed by atoms with E-state index >= 15 is 0 Å². The first-order valence-electron chi connectivity index (χ1n) is 3.48. The summed E-state index contributed by atoms with van der Waals surface area (Å²) in [6.45, 7) is 1.21. The van der Waals surface area contributed by atoms with Crippen molar-refractivity contribution in [2.24, 2.45) is 11.5 Å². The van der Waals surface area contributed by atoms with E-state index in [0.29, 0.717) is 6.54 Å². The zero-order valence-corrected chi connectivity index (χ0v) is 5.92. The number of amides is 1. The van der Waals surface area contributed by atoms with Crippen LogP contribution in [0.1, 0.15) is 12.8 Å². The van der Waals surface area contributed by atoms with Crippen LogP contribution in [0.15, 0.2) is 0 Å². The lowest BCUT2D eigenvalue weighted by Gasteiger charge is -2.17. The van der Waals surface area contributed by atoms with Crippen LogP contribution in [0.2, 0.25) is 0 Å². The van der Waals surface area contributed by atoms with Crippen molar-refractivity contribution in [2.45, 2.75) is 19.0 Å². The van der Waals surface area contributed by atoms with Crippen LogP contribution < -0.4 is 11.5 Å². The number of nitrogens with zero attached hydrogens (tertiary/aromatic N) is 1. The first-order chi connectivity index (χ1) is 4.70. The fourth-order valence-electron chi connectivity index (χ4n) is 1.25. The van der Waals surface area contributed by atoms with Gasteiger partial charge in [-0.2, -0.15) is 0 Å². The molecule has 1 heterocycles. The molecule has 0 aromatic carbocycles. The third-order valence-corrected chi connectivity index (χ3v) is 1.77. The minimum absolute atomic E-state index is 0.0486. The summed E-state index contributed by atoms with van der Waals surface area (Å²) in [5, 5.41) is 0. The van der Waals surface area contributed by atoms with Crippen LogP contribution in [0.5, 0.6) is 0 Å². The Kier molecular flexibility index (Phi) is 2.24. The number of primary amides is 1. The highest BCUT2D eigenvalue weighted by Gasteiger charge is 2.21. The van der Waals surface area contributed by atoms with E-state index in [-0.39, 0.29) is 12.1 Å². The molecule has 0 saturated carbocycles. The van der Waals surface area contributed by atoms with Gasteiger partial charge in [-0.05, 0) is 12.8 Å². The molecule has 0 radical (unpaired) electrons. The molecule has 0 spiro atoms. The average Bonchev–Trinajstić information content (AvgIpc) is 2.15. The Morgan fingerprint density at radius 3 is 2.80 bits per heavy atom. The van der Waals surface area contributed by atoms with Gasteiger partial charge in [0.05, 0.1) is 12.7 Å². The lowest BCUT2D eigenvalue weighted by molar-refractivity contribution is -0.119. The molecule has 10 heavy (non-hydrogen) atoms. The van der Waals surface area contributed by atoms with E-state index in [1.807, 2.05) is 4.90 Å². The molecule has 0 aromatic heterocycles. The summed E-state index contributed by atoms with van der Waals surface area (Å²) in [5.74, 6) is -0.294. The van der Waals surface area contributed by atoms with Crippen molar-refractivity contribution in [3.8, 4) is 0 Å². The van der Waals surface area contributed by atoms with E-state index < -0.39 is 0 Å². The molecule has 1 aliphatic heterocycles. The van der Waals surface area contributed by atoms with Crippen LogP contribution in [0.3, 0.4) is 0 Å². The van der Waals surface area contributed by atoms with Crippen molar-refractivity contribution in [3.63, 3.8) is 0 Å². The third-order valence-electron chi connectivity index (χ3n) is 1.77. The van der Waals surface area contributed by atoms with E-state index in [0.717, 1.165) is 19.4 Å². The molecule has 0 aliphatic carbocycles. The highest BCUT2D eigenvalue weighted by molar-refractivity contribution is 5.75. The summed E-state index contributed by atoms with van der Waals surface area (Å²) >= 11 is 0. The van der Waals surface area contributed by atoms with Crippen molar-refractivity contribution in [1.29, 1.82) is 0 Å². The summed E-state index contributed by atoms with van der Waals surface area (Å²) < 4.78 is 0. The second-order valence-electron chi connectivity index (χ2n) is 2.65. The Balaban J connectivity index is 2.33. The lowest BCUT2D eigenvalue weighted by Crippen LogP contribution is -2.41. The Bertz CT molecular complexity index is 137. The molecule has 0 bridgehead atoms. The van der Waals surface area contributed by atoms with Gasteiger partial charge in [-0.15, -0.1) is 0 Å². The Labute approximate surface area is 60.2 Å². The molecule has 4 heteroatoms. The number of likely N-dealkylation sites (tertiary alicyclic amines) is 1. The monoisotopic (exact) mass is 143 g/mol. The molecule has 1 aliphatic rings. The van der Waals surface area contributed by atoms with Gasteiger partial charge in [0.15, 0.2) is 0 Å². The molecule has 1 saturated heterocycles. The van der Waals surface area contributed by atoms with Gasteiger partial charge < -0.3 is 11.5 Å². The molecule has 0 unspecified atom stereocenters. The Morgan fingerprint density at radius 1 is 1.70 bits per heavy atom. The van der Waals surface area contributed by atoms with Crippen LogP contribution in [0.4, 0.5) is 0 Å². The number of nitrogens with two attached hydrogens (primary N) is 2. The predicted octanol–water partition coefficient (Wildman–Crippen LogP) is -1.15. The quantitative estimate of drug-likeness (QED) is 0.513. The number of rotatable bonds is 2. The smallest absolute Gasteiger partial charge is 0.231 e. The summed E-state index contributed by atoms with van der Waals surface area (Å²) in [6.07, 6.45) is 2.11. The van der Waals surface area contributed by atoms with Gasteiger partial charge in [-0.1, -0.05) is 0 Å². The van der Waals surface area contributed by atoms with Crippen molar-refractivity contribution >= 4 is 5.91 Å². The third kappa shape index (κ3) is 1.68. The first-order valence-corrected chi connectivity index (χ1v) is 3.48. The SMILES string of the molecule is NC(=O)CN1CCC[C@H]1N. The van der Waals surface area contributed by atoms with E-state index in [9.17, 15) is 4.79 Å². The number of carbonyl (C=O) groups is 1. The molecular formula is C6H13N3O. The predicted molar refractivity (Wildman–Crippen MR) is 38.0 cm³/mol. The van der Waals surface area contributed by atoms with Gasteiger partial charge in [0.25, 0.3) is 0 Å². The summed E-state index contributed by atoms with van der Waals surface area (Å²) in [7, 11) is 0. The number of hydrogen-bond donors (Lipinski definition) is 2. The largest absolute Gasteiger partial charge is 0.369 e. The van der Waals surface area contributed by atoms with Gasteiger partial charge in [0, 0.05) is 6.54 Å². The molecule has 1 fully saturated rings. The van der Waals surface area contributed by atoms with E-state index in [4.69, 9.17) is 11.5 Å². The Hall–Kier alpha value is -0.610. The van der Waals surface area contributed by atoms with Crippen molar-refractivity contribution in [2.75, 3.05) is 13.1 Å². The summed E-state index contributed by atoms with van der Waals surface area (Å²) in [5.41, 5.74) is 10.6. The highest BCUT2D eigenvalue weighted by atomic mass is 16.1. The fraction of sp³-hybridized carbons (Fsp3) is 0.833. The summed E-state index contributed by atoms with van der Waals surface area (Å²) in [4.78, 5) is 12.3. The van der Waals surface area contributed by atoms with Crippen LogP contribution >= 0.6 is 0 Å². The minimum Gasteiger partial charge on any atom is -0.369 e. The lowest BCUT2D eigenvalue weighted by atomic mass is 10.3. The zero-order valence-electron chi connectivity index (χ0n) is 5.92. The topological polar surface area (TPSA) is 72.4 Å². The number of hydrogen-bond acceptors (Lipinski definition) is 3. The molecule has 0 aromatic rings. The molecule has 1 rings (SSSR count). The molecule has 4 N–H and O–H groups in total. The van der Waals surface area contributed by atoms with Crippen LogP contribution in [0, 0.1) is 0 Å². The normalized spacial score (nSPS) is 27.1. The molecule has 1 amide bonds. The first kappa shape index (κ1) is 7.50. The highest BCUT2D eigenvalue weighted by Crippen LogP contribution is 2.10. The van der Waals surface area contributed by atoms with Gasteiger partial charge in [0.2, 0.25) is 5.91 Å². The minimum atomic E-state index is -0.294. The maximum atomic E-state index is 10.4. The molecular weight excluding hydrogens is 130 g/mol. The van der Waals surface area contributed by atoms with Crippen molar-refractivity contribution in [3.05, 3.63) is 0 Å². The molecule has 1 atom stereocenters. The number of carbonyl (C=O) groups excluding carboxylic acids is 1.